The highest BCUT2D eigenvalue weighted by Gasteiger charge is 2.33. The fourth-order valence-corrected chi connectivity index (χ4v) is 2.42. The summed E-state index contributed by atoms with van der Waals surface area (Å²) in [6.07, 6.45) is 0.146. The third kappa shape index (κ3) is 5.59. The van der Waals surface area contributed by atoms with E-state index in [4.69, 9.17) is 15.4 Å². The zero-order valence-electron chi connectivity index (χ0n) is 10.3. The van der Waals surface area contributed by atoms with Gasteiger partial charge in [-0.2, -0.15) is 0 Å². The molecule has 0 N–H and O–H groups in total. The van der Waals surface area contributed by atoms with Crippen LogP contribution >= 0.6 is 10.7 Å². The Kier molecular flexibility index (Phi) is 4.30. The van der Waals surface area contributed by atoms with Crippen LogP contribution in [-0.4, -0.2) is 43.9 Å². The molecule has 0 bridgehead atoms. The second kappa shape index (κ2) is 5.02. The van der Waals surface area contributed by atoms with Crippen molar-refractivity contribution in [2.75, 3.05) is 18.8 Å². The van der Waals surface area contributed by atoms with Crippen LogP contribution in [0.1, 0.15) is 27.2 Å². The molecule has 1 saturated heterocycles. The summed E-state index contributed by atoms with van der Waals surface area (Å²) in [6.45, 7) is 6.51. The van der Waals surface area contributed by atoms with Crippen molar-refractivity contribution < 1.29 is 17.9 Å². The average molecular weight is 284 g/mol. The molecule has 0 atom stereocenters. The number of carbonyl (C=O) groups excluding carboxylic acids is 1. The summed E-state index contributed by atoms with van der Waals surface area (Å²) in [4.78, 5) is 13.1. The van der Waals surface area contributed by atoms with Crippen molar-refractivity contribution in [1.82, 2.24) is 4.90 Å². The van der Waals surface area contributed by atoms with Gasteiger partial charge in [-0.1, -0.05) is 0 Å². The maximum Gasteiger partial charge on any atom is 0.410 e. The van der Waals surface area contributed by atoms with Gasteiger partial charge in [0.15, 0.2) is 0 Å². The highest BCUT2D eigenvalue weighted by molar-refractivity contribution is 8.13. The zero-order valence-corrected chi connectivity index (χ0v) is 11.8. The van der Waals surface area contributed by atoms with Crippen molar-refractivity contribution in [3.8, 4) is 0 Å². The van der Waals surface area contributed by atoms with Crippen LogP contribution in [0.3, 0.4) is 0 Å². The second-order valence-corrected chi connectivity index (χ2v) is 8.18. The Morgan fingerprint density at radius 3 is 2.35 bits per heavy atom. The third-order valence-corrected chi connectivity index (χ3v) is 3.57. The molecule has 1 aliphatic heterocycles. The van der Waals surface area contributed by atoms with E-state index in [1.54, 1.807) is 4.90 Å². The molecule has 7 heteroatoms. The topological polar surface area (TPSA) is 63.7 Å². The standard InChI is InChI=1S/C10H18ClNO4S/c1-10(2,3)16-9(13)12-6-8(7-12)4-5-17(11,14)15/h8H,4-7H2,1-3H3. The number of likely N-dealkylation sites (tertiary alicyclic amines) is 1. The lowest BCUT2D eigenvalue weighted by molar-refractivity contribution is -0.00127. The quantitative estimate of drug-likeness (QED) is 0.741. The minimum absolute atomic E-state index is 0.0403. The van der Waals surface area contributed by atoms with Crippen molar-refractivity contribution in [1.29, 1.82) is 0 Å². The number of hydrogen-bond donors (Lipinski definition) is 0. The Hall–Kier alpha value is -0.490. The van der Waals surface area contributed by atoms with Gasteiger partial charge in [0.25, 0.3) is 0 Å². The summed E-state index contributed by atoms with van der Waals surface area (Å²) in [5, 5.41) is 0. The highest BCUT2D eigenvalue weighted by atomic mass is 35.7. The molecule has 0 saturated carbocycles. The molecular weight excluding hydrogens is 266 g/mol. The number of halogens is 1. The number of amides is 1. The summed E-state index contributed by atoms with van der Waals surface area (Å²) in [6, 6.07) is 0. The molecular formula is C10H18ClNO4S. The molecule has 1 rings (SSSR count). The lowest BCUT2D eigenvalue weighted by Crippen LogP contribution is -2.51. The molecule has 0 radical (unpaired) electrons. The predicted octanol–water partition coefficient (Wildman–Crippen LogP) is 1.81. The highest BCUT2D eigenvalue weighted by Crippen LogP contribution is 2.22. The average Bonchev–Trinajstić information content (AvgIpc) is 1.94. The molecule has 1 aliphatic rings. The normalized spacial score (nSPS) is 17.8. The van der Waals surface area contributed by atoms with Gasteiger partial charge < -0.3 is 9.64 Å². The van der Waals surface area contributed by atoms with Crippen molar-refractivity contribution >= 4 is 25.8 Å². The van der Waals surface area contributed by atoms with E-state index in [9.17, 15) is 13.2 Å². The van der Waals surface area contributed by atoms with Gasteiger partial charge >= 0.3 is 6.09 Å². The molecule has 0 aliphatic carbocycles. The van der Waals surface area contributed by atoms with Crippen molar-refractivity contribution in [2.24, 2.45) is 5.92 Å². The summed E-state index contributed by atoms with van der Waals surface area (Å²) in [5.74, 6) is 0.164. The van der Waals surface area contributed by atoms with Crippen LogP contribution in [0.5, 0.6) is 0 Å². The van der Waals surface area contributed by atoms with Crippen LogP contribution < -0.4 is 0 Å². The maximum atomic E-state index is 11.5. The summed E-state index contributed by atoms with van der Waals surface area (Å²) < 4.78 is 26.7. The van der Waals surface area contributed by atoms with E-state index >= 15 is 0 Å². The monoisotopic (exact) mass is 283 g/mol. The van der Waals surface area contributed by atoms with Crippen LogP contribution in [-0.2, 0) is 13.8 Å². The van der Waals surface area contributed by atoms with Gasteiger partial charge in [-0.25, -0.2) is 13.2 Å². The van der Waals surface area contributed by atoms with Crippen LogP contribution in [0.15, 0.2) is 0 Å². The molecule has 1 fully saturated rings. The van der Waals surface area contributed by atoms with Gasteiger partial charge in [0.05, 0.1) is 5.75 Å². The number of carbonyl (C=O) groups is 1. The summed E-state index contributed by atoms with van der Waals surface area (Å²) in [5.41, 5.74) is -0.498. The molecule has 0 aromatic carbocycles. The lowest BCUT2D eigenvalue weighted by Gasteiger charge is -2.39. The molecule has 1 amide bonds. The third-order valence-electron chi connectivity index (χ3n) is 2.38. The fourth-order valence-electron chi connectivity index (χ4n) is 1.54. The first kappa shape index (κ1) is 14.6. The van der Waals surface area contributed by atoms with E-state index in [1.807, 2.05) is 20.8 Å². The largest absolute Gasteiger partial charge is 0.444 e. The molecule has 0 aromatic rings. The van der Waals surface area contributed by atoms with Gasteiger partial charge in [0.1, 0.15) is 5.60 Å². The fraction of sp³-hybridized carbons (Fsp3) is 0.900. The molecule has 0 aromatic heterocycles. The number of nitrogens with zero attached hydrogens (tertiary/aromatic N) is 1. The van der Waals surface area contributed by atoms with Gasteiger partial charge in [-0.15, -0.1) is 0 Å². The zero-order chi connectivity index (χ0) is 13.3. The summed E-state index contributed by atoms with van der Waals surface area (Å²) >= 11 is 0. The predicted molar refractivity (Wildman–Crippen MR) is 65.6 cm³/mol. The Balaban J connectivity index is 2.25. The van der Waals surface area contributed by atoms with Crippen LogP contribution in [0.25, 0.3) is 0 Å². The molecule has 1 heterocycles. The SMILES string of the molecule is CC(C)(C)OC(=O)N1CC(CCS(=O)(=O)Cl)C1. The second-order valence-electron chi connectivity index (χ2n) is 5.28. The Bertz CT molecular complexity index is 382. The van der Waals surface area contributed by atoms with E-state index < -0.39 is 14.7 Å². The van der Waals surface area contributed by atoms with Gasteiger partial charge in [-0.05, 0) is 33.1 Å². The smallest absolute Gasteiger partial charge is 0.410 e. The van der Waals surface area contributed by atoms with E-state index in [0.717, 1.165) is 0 Å². The molecule has 0 spiro atoms. The van der Waals surface area contributed by atoms with Crippen molar-refractivity contribution in [2.45, 2.75) is 32.8 Å². The Morgan fingerprint density at radius 2 is 1.94 bits per heavy atom. The molecule has 0 unspecified atom stereocenters. The molecule has 17 heavy (non-hydrogen) atoms. The first-order chi connectivity index (χ1) is 7.57. The first-order valence-electron chi connectivity index (χ1n) is 5.47. The van der Waals surface area contributed by atoms with E-state index in [-0.39, 0.29) is 17.8 Å². The van der Waals surface area contributed by atoms with Crippen molar-refractivity contribution in [3.05, 3.63) is 0 Å². The Morgan fingerprint density at radius 1 is 1.41 bits per heavy atom. The summed E-state index contributed by atoms with van der Waals surface area (Å²) in [7, 11) is 1.69. The van der Waals surface area contributed by atoms with E-state index in [1.165, 1.54) is 0 Å². The van der Waals surface area contributed by atoms with Gasteiger partial charge in [-0.3, -0.25) is 0 Å². The lowest BCUT2D eigenvalue weighted by atomic mass is 9.98. The maximum absolute atomic E-state index is 11.5. The van der Waals surface area contributed by atoms with Crippen molar-refractivity contribution in [3.63, 3.8) is 0 Å². The van der Waals surface area contributed by atoms with E-state index in [0.29, 0.717) is 19.5 Å². The minimum atomic E-state index is -3.42. The Labute approximate surface area is 106 Å². The van der Waals surface area contributed by atoms with Crippen LogP contribution in [0.4, 0.5) is 4.79 Å². The van der Waals surface area contributed by atoms with Gasteiger partial charge in [0.2, 0.25) is 9.05 Å². The number of rotatable bonds is 3. The number of hydrogen-bond acceptors (Lipinski definition) is 4. The number of ether oxygens (including phenoxy) is 1. The first-order valence-corrected chi connectivity index (χ1v) is 7.95. The van der Waals surface area contributed by atoms with Crippen LogP contribution in [0.2, 0.25) is 0 Å². The molecule has 5 nitrogen and oxygen atoms in total. The van der Waals surface area contributed by atoms with E-state index in [2.05, 4.69) is 0 Å². The minimum Gasteiger partial charge on any atom is -0.444 e. The van der Waals surface area contributed by atoms with Crippen LogP contribution in [0, 0.1) is 5.92 Å². The van der Waals surface area contributed by atoms with Gasteiger partial charge in [0, 0.05) is 23.8 Å². The molecule has 100 valence electrons.